The fourth-order valence-corrected chi connectivity index (χ4v) is 3.27. The first-order valence-electron chi connectivity index (χ1n) is 7.15. The van der Waals surface area contributed by atoms with Gasteiger partial charge in [0, 0.05) is 12.2 Å². The van der Waals surface area contributed by atoms with Gasteiger partial charge in [0.15, 0.2) is 0 Å². The van der Waals surface area contributed by atoms with Crippen molar-refractivity contribution in [3.63, 3.8) is 0 Å². The van der Waals surface area contributed by atoms with Gasteiger partial charge in [-0.1, -0.05) is 38.0 Å². The summed E-state index contributed by atoms with van der Waals surface area (Å²) in [6.45, 7) is 4.63. The molecule has 0 aliphatic heterocycles. The van der Waals surface area contributed by atoms with Gasteiger partial charge in [-0.15, -0.1) is 0 Å². The molecule has 1 fully saturated rings. The molecule has 2 nitrogen and oxygen atoms in total. The molecule has 0 bridgehead atoms. The molecule has 0 amide bonds. The van der Waals surface area contributed by atoms with E-state index in [2.05, 4.69) is 6.92 Å². The molecule has 106 valence electrons. The molecule has 1 aromatic carbocycles. The van der Waals surface area contributed by atoms with Crippen LogP contribution in [-0.2, 0) is 4.74 Å². The highest BCUT2D eigenvalue weighted by molar-refractivity contribution is 5.23. The van der Waals surface area contributed by atoms with E-state index in [4.69, 9.17) is 4.74 Å². The normalized spacial score (nSPS) is 29.2. The zero-order valence-electron chi connectivity index (χ0n) is 11.7. The van der Waals surface area contributed by atoms with Crippen molar-refractivity contribution in [1.29, 1.82) is 0 Å². The zero-order chi connectivity index (χ0) is 13.9. The lowest BCUT2D eigenvalue weighted by atomic mass is 9.74. The van der Waals surface area contributed by atoms with Gasteiger partial charge < -0.3 is 9.84 Å². The SMILES string of the molecule is CCOC1(C(O)c2ccccc2F)CCCC(C)C1. The summed E-state index contributed by atoms with van der Waals surface area (Å²) in [5.41, 5.74) is -0.278. The van der Waals surface area contributed by atoms with Crippen LogP contribution in [-0.4, -0.2) is 17.3 Å². The maximum Gasteiger partial charge on any atom is 0.129 e. The lowest BCUT2D eigenvalue weighted by Crippen LogP contribution is -2.43. The number of rotatable bonds is 4. The summed E-state index contributed by atoms with van der Waals surface area (Å²) in [6, 6.07) is 6.44. The van der Waals surface area contributed by atoms with E-state index in [9.17, 15) is 9.50 Å². The number of benzene rings is 1. The fourth-order valence-electron chi connectivity index (χ4n) is 3.27. The molecule has 1 saturated carbocycles. The maximum absolute atomic E-state index is 13.9. The van der Waals surface area contributed by atoms with Crippen molar-refractivity contribution in [2.75, 3.05) is 6.61 Å². The van der Waals surface area contributed by atoms with Crippen LogP contribution >= 0.6 is 0 Å². The summed E-state index contributed by atoms with van der Waals surface area (Å²) in [4.78, 5) is 0. The topological polar surface area (TPSA) is 29.5 Å². The van der Waals surface area contributed by atoms with Gasteiger partial charge in [0.05, 0.1) is 5.60 Å². The van der Waals surface area contributed by atoms with Crippen LogP contribution in [0.2, 0.25) is 0 Å². The van der Waals surface area contributed by atoms with Crippen molar-refractivity contribution in [2.45, 2.75) is 51.2 Å². The summed E-state index contributed by atoms with van der Waals surface area (Å²) in [7, 11) is 0. The molecule has 3 atom stereocenters. The van der Waals surface area contributed by atoms with Crippen LogP contribution in [0.15, 0.2) is 24.3 Å². The minimum Gasteiger partial charge on any atom is -0.385 e. The first kappa shape index (κ1) is 14.5. The van der Waals surface area contributed by atoms with Crippen LogP contribution in [0.3, 0.4) is 0 Å². The van der Waals surface area contributed by atoms with Gasteiger partial charge in [0.25, 0.3) is 0 Å². The number of aliphatic hydroxyl groups excluding tert-OH is 1. The Morgan fingerprint density at radius 1 is 1.47 bits per heavy atom. The highest BCUT2D eigenvalue weighted by atomic mass is 19.1. The number of halogens is 1. The van der Waals surface area contributed by atoms with Crippen LogP contribution in [0.4, 0.5) is 4.39 Å². The van der Waals surface area contributed by atoms with Gasteiger partial charge in [-0.25, -0.2) is 4.39 Å². The number of hydrogen-bond acceptors (Lipinski definition) is 2. The number of aliphatic hydroxyl groups is 1. The third-order valence-electron chi connectivity index (χ3n) is 4.12. The van der Waals surface area contributed by atoms with E-state index < -0.39 is 11.7 Å². The van der Waals surface area contributed by atoms with Crippen molar-refractivity contribution in [1.82, 2.24) is 0 Å². The van der Waals surface area contributed by atoms with Crippen molar-refractivity contribution in [3.8, 4) is 0 Å². The van der Waals surface area contributed by atoms with Crippen molar-refractivity contribution < 1.29 is 14.2 Å². The monoisotopic (exact) mass is 266 g/mol. The lowest BCUT2D eigenvalue weighted by molar-refractivity contribution is -0.150. The highest BCUT2D eigenvalue weighted by Crippen LogP contribution is 2.44. The smallest absolute Gasteiger partial charge is 0.129 e. The molecule has 0 aromatic heterocycles. The fraction of sp³-hybridized carbons (Fsp3) is 0.625. The third kappa shape index (κ3) is 2.98. The van der Waals surface area contributed by atoms with E-state index in [1.807, 2.05) is 6.92 Å². The second-order valence-electron chi connectivity index (χ2n) is 5.62. The van der Waals surface area contributed by atoms with E-state index >= 15 is 0 Å². The molecule has 1 N–H and O–H groups in total. The Bertz CT molecular complexity index is 417. The van der Waals surface area contributed by atoms with Gasteiger partial charge >= 0.3 is 0 Å². The number of ether oxygens (including phenoxy) is 1. The second kappa shape index (κ2) is 6.02. The summed E-state index contributed by atoms with van der Waals surface area (Å²) in [5.74, 6) is 0.147. The van der Waals surface area contributed by atoms with Gasteiger partial charge in [-0.05, 0) is 31.7 Å². The molecule has 0 spiro atoms. The molecule has 3 heteroatoms. The second-order valence-corrected chi connectivity index (χ2v) is 5.62. The molecule has 0 saturated heterocycles. The predicted molar refractivity (Wildman–Crippen MR) is 73.3 cm³/mol. The molecule has 2 rings (SSSR count). The molecule has 3 unspecified atom stereocenters. The molecule has 0 radical (unpaired) electrons. The van der Waals surface area contributed by atoms with E-state index in [1.165, 1.54) is 6.07 Å². The van der Waals surface area contributed by atoms with E-state index in [1.54, 1.807) is 18.2 Å². The molecule has 1 aliphatic carbocycles. The van der Waals surface area contributed by atoms with Gasteiger partial charge in [-0.3, -0.25) is 0 Å². The van der Waals surface area contributed by atoms with Crippen LogP contribution in [0.1, 0.15) is 51.2 Å². The van der Waals surface area contributed by atoms with Crippen LogP contribution in [0, 0.1) is 11.7 Å². The van der Waals surface area contributed by atoms with Gasteiger partial charge in [-0.2, -0.15) is 0 Å². The quantitative estimate of drug-likeness (QED) is 0.897. The Hall–Kier alpha value is -0.930. The Morgan fingerprint density at radius 2 is 2.21 bits per heavy atom. The first-order valence-corrected chi connectivity index (χ1v) is 7.15. The number of hydrogen-bond donors (Lipinski definition) is 1. The molecule has 1 aliphatic rings. The summed E-state index contributed by atoms with van der Waals surface area (Å²) in [5, 5.41) is 10.7. The Labute approximate surface area is 114 Å². The van der Waals surface area contributed by atoms with E-state index in [0.717, 1.165) is 25.7 Å². The maximum atomic E-state index is 13.9. The molecule has 19 heavy (non-hydrogen) atoms. The molecular formula is C16H23FO2. The average Bonchev–Trinajstić information content (AvgIpc) is 2.39. The van der Waals surface area contributed by atoms with Crippen LogP contribution in [0.25, 0.3) is 0 Å². The summed E-state index contributed by atoms with van der Waals surface area (Å²) >= 11 is 0. The minimum atomic E-state index is -0.892. The average molecular weight is 266 g/mol. The Balaban J connectivity index is 2.30. The summed E-state index contributed by atoms with van der Waals surface area (Å²) in [6.07, 6.45) is 2.86. The molecule has 1 aromatic rings. The Kier molecular flexibility index (Phi) is 4.58. The van der Waals surface area contributed by atoms with Gasteiger partial charge in [0.1, 0.15) is 11.9 Å². The Morgan fingerprint density at radius 3 is 2.84 bits per heavy atom. The predicted octanol–water partition coefficient (Wildman–Crippen LogP) is 3.84. The summed E-state index contributed by atoms with van der Waals surface area (Å²) < 4.78 is 19.8. The van der Waals surface area contributed by atoms with Crippen LogP contribution < -0.4 is 0 Å². The first-order chi connectivity index (χ1) is 9.09. The third-order valence-corrected chi connectivity index (χ3v) is 4.12. The van der Waals surface area contributed by atoms with Crippen molar-refractivity contribution >= 4 is 0 Å². The molecular weight excluding hydrogens is 243 g/mol. The lowest BCUT2D eigenvalue weighted by Gasteiger charge is -2.43. The minimum absolute atomic E-state index is 0.352. The van der Waals surface area contributed by atoms with Crippen LogP contribution in [0.5, 0.6) is 0 Å². The van der Waals surface area contributed by atoms with E-state index in [0.29, 0.717) is 18.1 Å². The van der Waals surface area contributed by atoms with Gasteiger partial charge in [0.2, 0.25) is 0 Å². The highest BCUT2D eigenvalue weighted by Gasteiger charge is 2.43. The molecule has 0 heterocycles. The zero-order valence-corrected chi connectivity index (χ0v) is 11.7. The largest absolute Gasteiger partial charge is 0.385 e. The van der Waals surface area contributed by atoms with Crippen molar-refractivity contribution in [2.24, 2.45) is 5.92 Å². The van der Waals surface area contributed by atoms with E-state index in [-0.39, 0.29) is 5.82 Å². The standard InChI is InChI=1S/C16H23FO2/c1-3-19-16(10-6-7-12(2)11-16)15(18)13-8-4-5-9-14(13)17/h4-5,8-9,12,15,18H,3,6-7,10-11H2,1-2H3. The van der Waals surface area contributed by atoms with Crippen molar-refractivity contribution in [3.05, 3.63) is 35.6 Å².